The summed E-state index contributed by atoms with van der Waals surface area (Å²) in [5.41, 5.74) is 2.18. The first-order valence-corrected chi connectivity index (χ1v) is 10.5. The van der Waals surface area contributed by atoms with Crippen LogP contribution >= 0.6 is 23.4 Å². The lowest BCUT2D eigenvalue weighted by atomic mass is 10.2. The van der Waals surface area contributed by atoms with Gasteiger partial charge in [-0.3, -0.25) is 9.36 Å². The molecule has 1 aliphatic rings. The predicted octanol–water partition coefficient (Wildman–Crippen LogP) is 4.63. The van der Waals surface area contributed by atoms with Gasteiger partial charge in [-0.2, -0.15) is 0 Å². The molecule has 2 aromatic carbocycles. The number of hydrogen-bond donors (Lipinski definition) is 0. The molecule has 0 saturated carbocycles. The second kappa shape index (κ2) is 8.15. The smallest absolute Gasteiger partial charge is 0.266 e. The monoisotopic (exact) mass is 416 g/mol. The van der Waals surface area contributed by atoms with Crippen molar-refractivity contribution in [3.8, 4) is 11.4 Å². The van der Waals surface area contributed by atoms with Crippen LogP contribution in [0.1, 0.15) is 18.4 Å². The minimum Gasteiger partial charge on any atom is -0.495 e. The topological polar surface area (TPSA) is 53.4 Å². The first-order chi connectivity index (χ1) is 13.6. The molecule has 7 heteroatoms. The third-order valence-electron chi connectivity index (χ3n) is 4.80. The van der Waals surface area contributed by atoms with Crippen molar-refractivity contribution < 1.29 is 9.47 Å². The van der Waals surface area contributed by atoms with Gasteiger partial charge < -0.3 is 9.47 Å². The molecule has 0 radical (unpaired) electrons. The van der Waals surface area contributed by atoms with Gasteiger partial charge in [0.15, 0.2) is 5.16 Å². The van der Waals surface area contributed by atoms with Crippen molar-refractivity contribution in [3.63, 3.8) is 0 Å². The number of halogens is 1. The van der Waals surface area contributed by atoms with Crippen LogP contribution in [0.2, 0.25) is 5.02 Å². The highest BCUT2D eigenvalue weighted by atomic mass is 35.5. The Morgan fingerprint density at radius 2 is 2.18 bits per heavy atom. The van der Waals surface area contributed by atoms with E-state index >= 15 is 0 Å². The van der Waals surface area contributed by atoms with Crippen molar-refractivity contribution in [3.05, 3.63) is 57.3 Å². The number of methoxy groups -OCH3 is 1. The normalized spacial score (nSPS) is 16.6. The second-order valence-electron chi connectivity index (χ2n) is 6.82. The highest BCUT2D eigenvalue weighted by Crippen LogP contribution is 2.30. The summed E-state index contributed by atoms with van der Waals surface area (Å²) in [7, 11) is 1.60. The van der Waals surface area contributed by atoms with E-state index in [1.807, 2.05) is 25.1 Å². The number of thioether (sulfide) groups is 1. The third-order valence-corrected chi connectivity index (χ3v) is 6.10. The van der Waals surface area contributed by atoms with Crippen LogP contribution in [0.25, 0.3) is 16.6 Å². The summed E-state index contributed by atoms with van der Waals surface area (Å²) in [5.74, 6) is 1.37. The quantitative estimate of drug-likeness (QED) is 0.448. The predicted molar refractivity (Wildman–Crippen MR) is 113 cm³/mol. The fourth-order valence-corrected chi connectivity index (χ4v) is 4.60. The zero-order valence-electron chi connectivity index (χ0n) is 15.8. The van der Waals surface area contributed by atoms with Crippen LogP contribution in [0.5, 0.6) is 5.75 Å². The Hall–Kier alpha value is -2.02. The van der Waals surface area contributed by atoms with Crippen molar-refractivity contribution in [2.45, 2.75) is 31.0 Å². The van der Waals surface area contributed by atoms with Gasteiger partial charge in [-0.25, -0.2) is 4.98 Å². The molecule has 4 rings (SSSR count). The summed E-state index contributed by atoms with van der Waals surface area (Å²) in [6.45, 7) is 2.78. The van der Waals surface area contributed by atoms with Crippen molar-refractivity contribution in [2.75, 3.05) is 19.5 Å². The Labute approximate surface area is 172 Å². The molecule has 3 aromatic rings. The minimum atomic E-state index is -0.139. The molecule has 1 saturated heterocycles. The van der Waals surface area contributed by atoms with Crippen LogP contribution in [0, 0.1) is 6.92 Å². The summed E-state index contributed by atoms with van der Waals surface area (Å²) < 4.78 is 12.9. The molecule has 1 unspecified atom stereocenters. The average Bonchev–Trinajstić information content (AvgIpc) is 3.20. The molecular formula is C21H21ClN2O3S. The Bertz CT molecular complexity index is 1080. The van der Waals surface area contributed by atoms with E-state index in [-0.39, 0.29) is 11.7 Å². The Balaban J connectivity index is 1.90. The van der Waals surface area contributed by atoms with E-state index < -0.39 is 0 Å². The van der Waals surface area contributed by atoms with E-state index in [4.69, 9.17) is 26.1 Å². The second-order valence-corrected chi connectivity index (χ2v) is 8.24. The zero-order valence-corrected chi connectivity index (χ0v) is 17.3. The molecule has 1 atom stereocenters. The van der Waals surface area contributed by atoms with Gasteiger partial charge >= 0.3 is 0 Å². The number of rotatable bonds is 5. The lowest BCUT2D eigenvalue weighted by Crippen LogP contribution is -2.23. The first-order valence-electron chi connectivity index (χ1n) is 9.18. The minimum absolute atomic E-state index is 0.139. The van der Waals surface area contributed by atoms with Crippen LogP contribution in [0.3, 0.4) is 0 Å². The van der Waals surface area contributed by atoms with E-state index in [2.05, 4.69) is 0 Å². The Morgan fingerprint density at radius 3 is 2.93 bits per heavy atom. The van der Waals surface area contributed by atoms with Gasteiger partial charge in [-0.05, 0) is 55.7 Å². The van der Waals surface area contributed by atoms with Crippen molar-refractivity contribution in [1.82, 2.24) is 9.55 Å². The van der Waals surface area contributed by atoms with E-state index in [1.165, 1.54) is 11.8 Å². The van der Waals surface area contributed by atoms with E-state index in [0.29, 0.717) is 32.5 Å². The van der Waals surface area contributed by atoms with Crippen molar-refractivity contribution in [2.24, 2.45) is 0 Å². The van der Waals surface area contributed by atoms with Gasteiger partial charge in [-0.15, -0.1) is 0 Å². The molecular weight excluding hydrogens is 396 g/mol. The van der Waals surface area contributed by atoms with Crippen LogP contribution < -0.4 is 10.3 Å². The SMILES string of the molecule is COc1ccc(C)cc1-n1c(SCC2CCCO2)nc2cc(Cl)ccc2c1=O. The van der Waals surface area contributed by atoms with E-state index in [9.17, 15) is 4.79 Å². The van der Waals surface area contributed by atoms with Crippen LogP contribution in [0.15, 0.2) is 46.3 Å². The van der Waals surface area contributed by atoms with Gasteiger partial charge in [0, 0.05) is 17.4 Å². The molecule has 2 heterocycles. The summed E-state index contributed by atoms with van der Waals surface area (Å²) in [6.07, 6.45) is 2.29. The largest absolute Gasteiger partial charge is 0.495 e. The number of fused-ring (bicyclic) bond motifs is 1. The molecule has 5 nitrogen and oxygen atoms in total. The molecule has 146 valence electrons. The molecule has 0 amide bonds. The van der Waals surface area contributed by atoms with Crippen LogP contribution in [0.4, 0.5) is 0 Å². The molecule has 0 N–H and O–H groups in total. The van der Waals surface area contributed by atoms with Crippen molar-refractivity contribution >= 4 is 34.3 Å². The Morgan fingerprint density at radius 1 is 1.32 bits per heavy atom. The summed E-state index contributed by atoms with van der Waals surface area (Å²) in [6, 6.07) is 10.9. The fourth-order valence-electron chi connectivity index (χ4n) is 3.37. The van der Waals surface area contributed by atoms with Crippen molar-refractivity contribution in [1.29, 1.82) is 0 Å². The number of ether oxygens (including phenoxy) is 2. The van der Waals surface area contributed by atoms with Gasteiger partial charge in [0.25, 0.3) is 5.56 Å². The lowest BCUT2D eigenvalue weighted by Gasteiger charge is -2.17. The van der Waals surface area contributed by atoms with Crippen LogP contribution in [-0.2, 0) is 4.74 Å². The van der Waals surface area contributed by atoms with E-state index in [1.54, 1.807) is 29.9 Å². The number of nitrogens with zero attached hydrogens (tertiary/aromatic N) is 2. The summed E-state index contributed by atoms with van der Waals surface area (Å²) in [5, 5.41) is 1.69. The third kappa shape index (κ3) is 3.77. The zero-order chi connectivity index (χ0) is 19.7. The number of aryl methyl sites for hydroxylation is 1. The molecule has 0 bridgehead atoms. The standard InChI is InChI=1S/C21H21ClN2O3S/c1-13-5-8-19(26-2)18(10-13)24-20(25)16-7-6-14(22)11-17(16)23-21(24)28-12-15-4-3-9-27-15/h5-8,10-11,15H,3-4,9,12H2,1-2H3. The molecule has 1 aromatic heterocycles. The molecule has 1 aliphatic heterocycles. The highest BCUT2D eigenvalue weighted by Gasteiger charge is 2.20. The summed E-state index contributed by atoms with van der Waals surface area (Å²) in [4.78, 5) is 18.2. The Kier molecular flexibility index (Phi) is 5.62. The average molecular weight is 417 g/mol. The van der Waals surface area contributed by atoms with E-state index in [0.717, 1.165) is 30.8 Å². The maximum absolute atomic E-state index is 13.4. The fraction of sp³-hybridized carbons (Fsp3) is 0.333. The van der Waals surface area contributed by atoms with Gasteiger partial charge in [0.1, 0.15) is 5.75 Å². The summed E-state index contributed by atoms with van der Waals surface area (Å²) >= 11 is 7.66. The number of benzene rings is 2. The molecule has 28 heavy (non-hydrogen) atoms. The molecule has 0 aliphatic carbocycles. The maximum Gasteiger partial charge on any atom is 0.266 e. The van der Waals surface area contributed by atoms with Crippen LogP contribution in [-0.4, -0.2) is 35.1 Å². The molecule has 1 fully saturated rings. The van der Waals surface area contributed by atoms with Gasteiger partial charge in [0.05, 0.1) is 29.8 Å². The molecule has 0 spiro atoms. The van der Waals surface area contributed by atoms with Gasteiger partial charge in [0.2, 0.25) is 0 Å². The number of aromatic nitrogens is 2. The van der Waals surface area contributed by atoms with Gasteiger partial charge in [-0.1, -0.05) is 29.4 Å². The first kappa shape index (κ1) is 19.3. The highest BCUT2D eigenvalue weighted by molar-refractivity contribution is 7.99. The lowest BCUT2D eigenvalue weighted by molar-refractivity contribution is 0.129. The maximum atomic E-state index is 13.4. The number of hydrogen-bond acceptors (Lipinski definition) is 5.